The molecule has 0 unspecified atom stereocenters. The van der Waals surface area contributed by atoms with Gasteiger partial charge in [0, 0.05) is 0 Å². The molecule has 0 atom stereocenters. The van der Waals surface area contributed by atoms with Crippen LogP contribution in [0.5, 0.6) is 0 Å². The molecule has 0 aromatic heterocycles. The molecule has 0 fully saturated rings. The molecule has 1 aromatic rings. The van der Waals surface area contributed by atoms with Crippen LogP contribution in [-0.4, -0.2) is 34.5 Å². The van der Waals surface area contributed by atoms with Crippen LogP contribution in [0.3, 0.4) is 0 Å². The molecule has 1 aromatic carbocycles. The third-order valence-corrected chi connectivity index (χ3v) is 11.0. The first-order chi connectivity index (χ1) is 8.11. The third kappa shape index (κ3) is 3.14. The number of rotatable bonds is 2. The van der Waals surface area contributed by atoms with Gasteiger partial charge in [-0.25, -0.2) is 0 Å². The predicted molar refractivity (Wildman–Crippen MR) is 82.7 cm³/mol. The maximum atomic E-state index is 2.41. The van der Waals surface area contributed by atoms with Crippen LogP contribution in [0.4, 0.5) is 0 Å². The van der Waals surface area contributed by atoms with Gasteiger partial charge in [-0.2, -0.15) is 0 Å². The van der Waals surface area contributed by atoms with Crippen molar-refractivity contribution in [3.8, 4) is 0 Å². The molecule has 0 spiro atoms. The zero-order valence-corrected chi connectivity index (χ0v) is 15.2. The molecule has 0 N–H and O–H groups in total. The third-order valence-electron chi connectivity index (χ3n) is 2.97. The van der Waals surface area contributed by atoms with Gasteiger partial charge in [0.25, 0.3) is 0 Å². The molecule has 0 bridgehead atoms. The summed E-state index contributed by atoms with van der Waals surface area (Å²) in [5, 5.41) is 1.42. The molecule has 0 saturated heterocycles. The second kappa shape index (κ2) is 6.17. The van der Waals surface area contributed by atoms with Crippen LogP contribution in [0.15, 0.2) is 12.1 Å². The molecule has 1 heterocycles. The van der Waals surface area contributed by atoms with Crippen molar-refractivity contribution in [2.75, 3.05) is 5.75 Å². The summed E-state index contributed by atoms with van der Waals surface area (Å²) in [4.78, 5) is 0. The van der Waals surface area contributed by atoms with E-state index < -0.39 is 0 Å². The molecular formula is C14H20SSe2. The summed E-state index contributed by atoms with van der Waals surface area (Å²) in [6, 6.07) is 4.81. The predicted octanol–water partition coefficient (Wildman–Crippen LogP) is 2.67. The Morgan fingerprint density at radius 1 is 1.00 bits per heavy atom. The van der Waals surface area contributed by atoms with Crippen LogP contribution < -0.4 is 8.92 Å². The van der Waals surface area contributed by atoms with Gasteiger partial charge in [-0.05, 0) is 0 Å². The Hall–Kier alpha value is 0.609. The van der Waals surface area contributed by atoms with E-state index in [-0.39, 0.29) is 0 Å². The quantitative estimate of drug-likeness (QED) is 0.714. The van der Waals surface area contributed by atoms with Crippen molar-refractivity contribution in [1.29, 1.82) is 0 Å². The van der Waals surface area contributed by atoms with Crippen molar-refractivity contribution >= 4 is 47.9 Å². The molecule has 17 heavy (non-hydrogen) atoms. The Kier molecular flexibility index (Phi) is 5.09. The first-order valence-electron chi connectivity index (χ1n) is 6.20. The zero-order valence-electron chi connectivity index (χ0n) is 10.9. The zero-order chi connectivity index (χ0) is 12.4. The van der Waals surface area contributed by atoms with E-state index in [0.717, 1.165) is 0 Å². The second-order valence-electron chi connectivity index (χ2n) is 4.97. The normalized spacial score (nSPS) is 16.1. The van der Waals surface area contributed by atoms with Crippen LogP contribution in [0.1, 0.15) is 50.7 Å². The van der Waals surface area contributed by atoms with E-state index in [1.807, 2.05) is 0 Å². The molecule has 0 amide bonds. The summed E-state index contributed by atoms with van der Waals surface area (Å²) in [6.45, 7) is 9.35. The van der Waals surface area contributed by atoms with Crippen molar-refractivity contribution in [1.82, 2.24) is 0 Å². The van der Waals surface area contributed by atoms with Gasteiger partial charge in [0.15, 0.2) is 0 Å². The molecular weight excluding hydrogens is 358 g/mol. The summed E-state index contributed by atoms with van der Waals surface area (Å²) < 4.78 is 3.52. The Morgan fingerprint density at radius 3 is 2.18 bits per heavy atom. The van der Waals surface area contributed by atoms with Crippen LogP contribution in [0, 0.1) is 0 Å². The summed E-state index contributed by atoms with van der Waals surface area (Å²) in [7, 11) is 2.19. The molecule has 0 radical (unpaired) electrons. The first kappa shape index (κ1) is 14.0. The van der Waals surface area contributed by atoms with Gasteiger partial charge in [0.1, 0.15) is 0 Å². The summed E-state index contributed by atoms with van der Waals surface area (Å²) >= 11 is 1.36. The molecule has 1 aliphatic rings. The first-order valence-corrected chi connectivity index (χ1v) is 12.1. The number of benzene rings is 1. The van der Waals surface area contributed by atoms with Gasteiger partial charge in [0.05, 0.1) is 0 Å². The van der Waals surface area contributed by atoms with Gasteiger partial charge in [-0.15, -0.1) is 0 Å². The van der Waals surface area contributed by atoms with E-state index in [1.165, 1.54) is 11.1 Å². The van der Waals surface area contributed by atoms with E-state index >= 15 is 0 Å². The van der Waals surface area contributed by atoms with Crippen molar-refractivity contribution in [3.63, 3.8) is 0 Å². The van der Waals surface area contributed by atoms with Crippen molar-refractivity contribution in [2.24, 2.45) is 0 Å². The Balaban J connectivity index is 2.54. The minimum atomic E-state index is 0.651. The van der Waals surface area contributed by atoms with Crippen LogP contribution in [-0.2, 0) is 0 Å². The van der Waals surface area contributed by atoms with Crippen molar-refractivity contribution in [2.45, 2.75) is 44.9 Å². The molecule has 94 valence electrons. The maximum absolute atomic E-state index is 2.41. The van der Waals surface area contributed by atoms with Gasteiger partial charge in [-0.3, -0.25) is 0 Å². The van der Waals surface area contributed by atoms with Crippen LogP contribution >= 0.6 is 10.2 Å². The SMILES string of the molecule is CC(C)c1ccc(C(C)C)c2c1[Se]CCS[Se]2. The van der Waals surface area contributed by atoms with Gasteiger partial charge in [-0.1, -0.05) is 0 Å². The Bertz CT molecular complexity index is 362. The summed E-state index contributed by atoms with van der Waals surface area (Å²) in [5.41, 5.74) is 3.26. The van der Waals surface area contributed by atoms with Gasteiger partial charge in [0.2, 0.25) is 0 Å². The van der Waals surface area contributed by atoms with E-state index in [9.17, 15) is 0 Å². The van der Waals surface area contributed by atoms with Gasteiger partial charge >= 0.3 is 122 Å². The van der Waals surface area contributed by atoms with Crippen molar-refractivity contribution < 1.29 is 0 Å². The fraction of sp³-hybridized carbons (Fsp3) is 0.571. The molecule has 0 aliphatic carbocycles. The molecule has 3 heteroatoms. The number of hydrogen-bond acceptors (Lipinski definition) is 1. The Morgan fingerprint density at radius 2 is 1.59 bits per heavy atom. The monoisotopic (exact) mass is 380 g/mol. The molecule has 0 saturated carbocycles. The fourth-order valence-electron chi connectivity index (χ4n) is 2.02. The Labute approximate surface area is 121 Å². The van der Waals surface area contributed by atoms with Crippen molar-refractivity contribution in [3.05, 3.63) is 23.3 Å². The molecule has 1 aliphatic heterocycles. The topological polar surface area (TPSA) is 0 Å². The van der Waals surface area contributed by atoms with E-state index in [4.69, 9.17) is 0 Å². The minimum absolute atomic E-state index is 0.651. The van der Waals surface area contributed by atoms with Crippen LogP contribution in [0.25, 0.3) is 0 Å². The number of hydrogen-bond donors (Lipinski definition) is 0. The second-order valence-corrected chi connectivity index (χ2v) is 11.5. The number of fused-ring (bicyclic) bond motifs is 1. The summed E-state index contributed by atoms with van der Waals surface area (Å²) in [5.74, 6) is 2.75. The molecule has 0 nitrogen and oxygen atoms in total. The van der Waals surface area contributed by atoms with E-state index in [2.05, 4.69) is 50.0 Å². The average molecular weight is 378 g/mol. The van der Waals surface area contributed by atoms with E-state index in [0.29, 0.717) is 40.6 Å². The molecule has 2 rings (SSSR count). The summed E-state index contributed by atoms with van der Waals surface area (Å²) in [6.07, 6.45) is 0. The standard InChI is InChI=1S/C14H20SSe2/c1-9(2)11-5-6-12(10(3)4)14-13(11)16-8-7-15-17-14/h5-6,9-10H,7-8H2,1-4H3. The fourth-order valence-corrected chi connectivity index (χ4v) is 12.6. The van der Waals surface area contributed by atoms with E-state index in [1.54, 1.807) is 20.1 Å². The van der Waals surface area contributed by atoms with Crippen LogP contribution in [0.2, 0.25) is 5.32 Å². The van der Waals surface area contributed by atoms with Gasteiger partial charge < -0.3 is 0 Å². The average Bonchev–Trinajstić information content (AvgIpc) is 2.52.